The Balaban J connectivity index is 2.64. The van der Waals surface area contributed by atoms with E-state index in [2.05, 4.69) is 5.32 Å². The molecule has 0 aromatic heterocycles. The van der Waals surface area contributed by atoms with Crippen molar-refractivity contribution in [1.29, 1.82) is 0 Å². The molecule has 5 heteroatoms. The maximum absolute atomic E-state index is 11.7. The van der Waals surface area contributed by atoms with Crippen molar-refractivity contribution >= 4 is 28.8 Å². The van der Waals surface area contributed by atoms with E-state index in [9.17, 15) is 4.79 Å². The first-order chi connectivity index (χ1) is 8.52. The second kappa shape index (κ2) is 6.96. The first-order valence-electron chi connectivity index (χ1n) is 5.85. The molecule has 0 heterocycles. The van der Waals surface area contributed by atoms with Gasteiger partial charge in [0.25, 0.3) is 0 Å². The Morgan fingerprint density at radius 3 is 2.89 bits per heavy atom. The molecule has 1 unspecified atom stereocenters. The Kier molecular flexibility index (Phi) is 5.58. The molecule has 0 bridgehead atoms. The number of benzene rings is 1. The topological polar surface area (TPSA) is 64.3 Å². The predicted molar refractivity (Wildman–Crippen MR) is 76.8 cm³/mol. The van der Waals surface area contributed by atoms with E-state index in [0.717, 1.165) is 6.42 Å². The smallest absolute Gasteiger partial charge is 0.227 e. The molecular weight excluding hydrogens is 248 g/mol. The Morgan fingerprint density at radius 1 is 1.56 bits per heavy atom. The summed E-state index contributed by atoms with van der Waals surface area (Å²) in [7, 11) is 0. The summed E-state index contributed by atoms with van der Waals surface area (Å²) in [6.07, 6.45) is 0.809. The van der Waals surface area contributed by atoms with Crippen LogP contribution in [0.1, 0.15) is 20.3 Å². The van der Waals surface area contributed by atoms with E-state index in [0.29, 0.717) is 16.4 Å². The quantitative estimate of drug-likeness (QED) is 0.776. The highest BCUT2D eigenvalue weighted by Crippen LogP contribution is 2.18. The molecule has 0 radical (unpaired) electrons. The number of carbonyl (C=O) groups excluding carboxylic acids is 1. The molecule has 18 heavy (non-hydrogen) atoms. The number of nitrogens with one attached hydrogen (secondary N) is 1. The van der Waals surface area contributed by atoms with Crippen LogP contribution in [-0.2, 0) is 4.79 Å². The molecule has 3 N–H and O–H groups in total. The summed E-state index contributed by atoms with van der Waals surface area (Å²) in [5, 5.41) is 2.84. The van der Waals surface area contributed by atoms with Crippen molar-refractivity contribution in [3.8, 4) is 5.75 Å². The number of amides is 1. The number of nitrogens with two attached hydrogens (primary N) is 1. The molecule has 0 aliphatic rings. The average Bonchev–Trinajstić information content (AvgIpc) is 2.35. The summed E-state index contributed by atoms with van der Waals surface area (Å²) < 4.78 is 5.36. The predicted octanol–water partition coefficient (Wildman–Crippen LogP) is 2.34. The van der Waals surface area contributed by atoms with Crippen LogP contribution in [0.25, 0.3) is 0 Å². The number of hydrogen-bond donors (Lipinski definition) is 2. The van der Waals surface area contributed by atoms with E-state index in [1.165, 1.54) is 0 Å². The van der Waals surface area contributed by atoms with Crippen molar-refractivity contribution in [2.45, 2.75) is 20.3 Å². The van der Waals surface area contributed by atoms with Crippen molar-refractivity contribution in [3.63, 3.8) is 0 Å². The fourth-order valence-corrected chi connectivity index (χ4v) is 1.33. The van der Waals surface area contributed by atoms with Crippen LogP contribution in [-0.4, -0.2) is 17.5 Å². The lowest BCUT2D eigenvalue weighted by Gasteiger charge is -2.11. The zero-order valence-electron chi connectivity index (χ0n) is 10.6. The fraction of sp³-hybridized carbons (Fsp3) is 0.385. The van der Waals surface area contributed by atoms with Gasteiger partial charge in [-0.2, -0.15) is 0 Å². The Hall–Kier alpha value is -1.62. The van der Waals surface area contributed by atoms with Crippen LogP contribution in [0.5, 0.6) is 5.75 Å². The summed E-state index contributed by atoms with van der Waals surface area (Å²) in [5.74, 6) is 0.625. The first-order valence-corrected chi connectivity index (χ1v) is 6.25. The highest BCUT2D eigenvalue weighted by molar-refractivity contribution is 7.80. The standard InChI is InChI=1S/C13H18N2O2S/c1-3-9(2)13(16)15-10-5-4-6-11(7-10)17-8-12(14)18/h4-7,9H,3,8H2,1-2H3,(H2,14,18)(H,15,16). The molecule has 0 aliphatic carbocycles. The van der Waals surface area contributed by atoms with Gasteiger partial charge >= 0.3 is 0 Å². The molecule has 1 atom stereocenters. The van der Waals surface area contributed by atoms with Gasteiger partial charge in [0.05, 0.1) is 0 Å². The lowest BCUT2D eigenvalue weighted by atomic mass is 10.1. The van der Waals surface area contributed by atoms with Crippen molar-refractivity contribution in [1.82, 2.24) is 0 Å². The summed E-state index contributed by atoms with van der Waals surface area (Å²) >= 11 is 4.73. The largest absolute Gasteiger partial charge is 0.486 e. The third-order valence-corrected chi connectivity index (χ3v) is 2.66. The lowest BCUT2D eigenvalue weighted by Crippen LogP contribution is -2.20. The van der Waals surface area contributed by atoms with Crippen LogP contribution in [0.2, 0.25) is 0 Å². The minimum Gasteiger partial charge on any atom is -0.486 e. The third-order valence-electron chi connectivity index (χ3n) is 2.54. The monoisotopic (exact) mass is 266 g/mol. The van der Waals surface area contributed by atoms with Crippen LogP contribution < -0.4 is 15.8 Å². The van der Waals surface area contributed by atoms with Crippen LogP contribution >= 0.6 is 12.2 Å². The minimum atomic E-state index is -0.00815. The third kappa shape index (κ3) is 4.71. The molecular formula is C13H18N2O2S. The number of anilines is 1. The van der Waals surface area contributed by atoms with Gasteiger partial charge in [-0.05, 0) is 18.6 Å². The van der Waals surface area contributed by atoms with Gasteiger partial charge in [-0.1, -0.05) is 32.1 Å². The zero-order valence-corrected chi connectivity index (χ0v) is 11.4. The number of hydrogen-bond acceptors (Lipinski definition) is 3. The van der Waals surface area contributed by atoms with Crippen molar-refractivity contribution in [2.24, 2.45) is 11.7 Å². The second-order valence-electron chi connectivity index (χ2n) is 4.08. The maximum Gasteiger partial charge on any atom is 0.227 e. The number of ether oxygens (including phenoxy) is 1. The molecule has 0 spiro atoms. The molecule has 0 saturated carbocycles. The van der Waals surface area contributed by atoms with Crippen molar-refractivity contribution < 1.29 is 9.53 Å². The summed E-state index contributed by atoms with van der Waals surface area (Å²) in [4.78, 5) is 12.0. The number of thiocarbonyl (C=S) groups is 1. The molecule has 1 aromatic carbocycles. The highest BCUT2D eigenvalue weighted by atomic mass is 32.1. The van der Waals surface area contributed by atoms with Crippen LogP contribution in [0.15, 0.2) is 24.3 Å². The Labute approximate surface area is 113 Å². The van der Waals surface area contributed by atoms with Gasteiger partial charge in [-0.25, -0.2) is 0 Å². The molecule has 0 fully saturated rings. The van der Waals surface area contributed by atoms with E-state index >= 15 is 0 Å². The van der Waals surface area contributed by atoms with Crippen molar-refractivity contribution in [3.05, 3.63) is 24.3 Å². The van der Waals surface area contributed by atoms with E-state index in [1.54, 1.807) is 18.2 Å². The van der Waals surface area contributed by atoms with Gasteiger partial charge in [-0.15, -0.1) is 0 Å². The van der Waals surface area contributed by atoms with Crippen LogP contribution in [0, 0.1) is 5.92 Å². The van der Waals surface area contributed by atoms with Gasteiger partial charge in [0.2, 0.25) is 5.91 Å². The molecule has 1 aromatic rings. The average molecular weight is 266 g/mol. The zero-order chi connectivity index (χ0) is 13.5. The molecule has 4 nitrogen and oxygen atoms in total. The Bertz CT molecular complexity index is 435. The van der Waals surface area contributed by atoms with Crippen LogP contribution in [0.4, 0.5) is 5.69 Å². The van der Waals surface area contributed by atoms with Gasteiger partial charge < -0.3 is 15.8 Å². The minimum absolute atomic E-state index is 0.00370. The van der Waals surface area contributed by atoms with E-state index in [1.807, 2.05) is 19.9 Å². The summed E-state index contributed by atoms with van der Waals surface area (Å²) in [6.45, 7) is 4.06. The van der Waals surface area contributed by atoms with Gasteiger partial charge in [0.1, 0.15) is 17.3 Å². The number of carbonyl (C=O) groups is 1. The van der Waals surface area contributed by atoms with Crippen LogP contribution in [0.3, 0.4) is 0 Å². The lowest BCUT2D eigenvalue weighted by molar-refractivity contribution is -0.119. The summed E-state index contributed by atoms with van der Waals surface area (Å²) in [6, 6.07) is 7.16. The second-order valence-corrected chi connectivity index (χ2v) is 4.61. The van der Waals surface area contributed by atoms with E-state index in [4.69, 9.17) is 22.7 Å². The normalized spacial score (nSPS) is 11.7. The first kappa shape index (κ1) is 14.4. The van der Waals surface area contributed by atoms with E-state index < -0.39 is 0 Å². The maximum atomic E-state index is 11.7. The van der Waals surface area contributed by atoms with Gasteiger partial charge in [-0.3, -0.25) is 4.79 Å². The molecule has 0 aliphatic heterocycles. The molecule has 98 valence electrons. The molecule has 1 rings (SSSR count). The molecule has 0 saturated heterocycles. The highest BCUT2D eigenvalue weighted by Gasteiger charge is 2.10. The summed E-state index contributed by atoms with van der Waals surface area (Å²) in [5.41, 5.74) is 6.06. The van der Waals surface area contributed by atoms with Gasteiger partial charge in [0.15, 0.2) is 0 Å². The Morgan fingerprint density at radius 2 is 2.28 bits per heavy atom. The SMILES string of the molecule is CCC(C)C(=O)Nc1cccc(OCC(N)=S)c1. The van der Waals surface area contributed by atoms with Gasteiger partial charge in [0, 0.05) is 17.7 Å². The molecule has 1 amide bonds. The van der Waals surface area contributed by atoms with Crippen molar-refractivity contribution in [2.75, 3.05) is 11.9 Å². The van der Waals surface area contributed by atoms with E-state index in [-0.39, 0.29) is 18.4 Å². The number of rotatable bonds is 6. The fourth-order valence-electron chi connectivity index (χ4n) is 1.27.